The molecule has 0 fully saturated rings. The summed E-state index contributed by atoms with van der Waals surface area (Å²) in [7, 11) is 0. The zero-order valence-electron chi connectivity index (χ0n) is 6.15. The van der Waals surface area contributed by atoms with Crippen LogP contribution in [0.2, 0.25) is 0 Å². The number of hydrogen-bond donors (Lipinski definition) is 3. The van der Waals surface area contributed by atoms with E-state index in [4.69, 9.17) is 5.73 Å². The van der Waals surface area contributed by atoms with Crippen LogP contribution in [0.3, 0.4) is 0 Å². The molecule has 0 amide bonds. The molecule has 3 N–H and O–H groups in total. The average molecular weight is 181 g/mol. The Hall–Kier alpha value is -1.30. The molecule has 0 spiro atoms. The Labute approximate surface area is 74.5 Å². The molecular weight excluding hydrogens is 174 g/mol. The van der Waals surface area contributed by atoms with E-state index in [0.717, 1.165) is 5.56 Å². The largest absolute Gasteiger partial charge is 0.370 e. The van der Waals surface area contributed by atoms with Gasteiger partial charge in [-0.1, -0.05) is 0 Å². The SMILES string of the molecule is NC1=Nc2nc(S)ncc2CN1. The highest BCUT2D eigenvalue weighted by Crippen LogP contribution is 2.18. The van der Waals surface area contributed by atoms with Crippen molar-refractivity contribution in [3.63, 3.8) is 0 Å². The third-order valence-corrected chi connectivity index (χ3v) is 1.73. The number of nitrogens with one attached hydrogen (secondary N) is 1. The summed E-state index contributed by atoms with van der Waals surface area (Å²) in [4.78, 5) is 11.9. The molecule has 1 aliphatic rings. The van der Waals surface area contributed by atoms with Gasteiger partial charge in [0.05, 0.1) is 0 Å². The Morgan fingerprint density at radius 2 is 2.42 bits per heavy atom. The highest BCUT2D eigenvalue weighted by atomic mass is 32.1. The standard InChI is InChI=1S/C6H7N5S/c7-5-8-1-3-2-9-6(12)11-4(3)10-5/h2H,1H2,(H4,7,8,9,10,11,12). The topological polar surface area (TPSA) is 76.2 Å². The summed E-state index contributed by atoms with van der Waals surface area (Å²) in [6.45, 7) is 0.624. The van der Waals surface area contributed by atoms with Gasteiger partial charge in [0.2, 0.25) is 0 Å². The monoisotopic (exact) mass is 181 g/mol. The number of fused-ring (bicyclic) bond motifs is 1. The lowest BCUT2D eigenvalue weighted by Gasteiger charge is -2.12. The molecule has 0 aromatic carbocycles. The van der Waals surface area contributed by atoms with Gasteiger partial charge in [0.1, 0.15) is 0 Å². The van der Waals surface area contributed by atoms with E-state index in [-0.39, 0.29) is 0 Å². The second-order valence-corrected chi connectivity index (χ2v) is 2.77. The summed E-state index contributed by atoms with van der Waals surface area (Å²) in [5, 5.41) is 3.29. The number of nitrogens with two attached hydrogens (primary N) is 1. The molecule has 0 saturated carbocycles. The molecule has 0 aliphatic carbocycles. The van der Waals surface area contributed by atoms with Crippen LogP contribution in [0.25, 0.3) is 0 Å². The summed E-state index contributed by atoms with van der Waals surface area (Å²) in [5.41, 5.74) is 6.39. The number of hydrogen-bond acceptors (Lipinski definition) is 6. The lowest BCUT2D eigenvalue weighted by atomic mass is 10.3. The van der Waals surface area contributed by atoms with E-state index in [1.54, 1.807) is 6.20 Å². The minimum Gasteiger partial charge on any atom is -0.370 e. The Kier molecular flexibility index (Phi) is 1.61. The fraction of sp³-hybridized carbons (Fsp3) is 0.167. The summed E-state index contributed by atoms with van der Waals surface area (Å²) in [6.07, 6.45) is 1.69. The fourth-order valence-corrected chi connectivity index (χ4v) is 1.10. The highest BCUT2D eigenvalue weighted by molar-refractivity contribution is 7.80. The lowest BCUT2D eigenvalue weighted by molar-refractivity contribution is 0.830. The average Bonchev–Trinajstić information content (AvgIpc) is 2.03. The molecule has 5 nitrogen and oxygen atoms in total. The second-order valence-electron chi connectivity index (χ2n) is 2.37. The van der Waals surface area contributed by atoms with Crippen LogP contribution >= 0.6 is 12.6 Å². The zero-order valence-corrected chi connectivity index (χ0v) is 7.05. The van der Waals surface area contributed by atoms with Gasteiger partial charge in [-0.2, -0.15) is 4.99 Å². The van der Waals surface area contributed by atoms with Crippen LogP contribution in [0.1, 0.15) is 5.56 Å². The molecule has 2 rings (SSSR count). The maximum atomic E-state index is 5.45. The Balaban J connectivity index is 2.53. The van der Waals surface area contributed by atoms with Gasteiger partial charge in [0.15, 0.2) is 16.9 Å². The Morgan fingerprint density at radius 3 is 3.25 bits per heavy atom. The van der Waals surface area contributed by atoms with Crippen molar-refractivity contribution in [3.8, 4) is 0 Å². The normalized spacial score (nSPS) is 14.6. The molecule has 62 valence electrons. The number of nitrogens with zero attached hydrogens (tertiary/aromatic N) is 3. The first-order chi connectivity index (χ1) is 5.75. The predicted molar refractivity (Wildman–Crippen MR) is 47.4 cm³/mol. The summed E-state index contributed by atoms with van der Waals surface area (Å²) >= 11 is 4.00. The van der Waals surface area contributed by atoms with Crippen molar-refractivity contribution in [1.29, 1.82) is 0 Å². The molecule has 1 aromatic rings. The van der Waals surface area contributed by atoms with E-state index in [9.17, 15) is 0 Å². The molecule has 0 bridgehead atoms. The molecule has 6 heteroatoms. The third-order valence-electron chi connectivity index (χ3n) is 1.52. The fourth-order valence-electron chi connectivity index (χ4n) is 0.950. The van der Waals surface area contributed by atoms with Gasteiger partial charge in [-0.05, 0) is 0 Å². The van der Waals surface area contributed by atoms with Crippen molar-refractivity contribution < 1.29 is 0 Å². The van der Waals surface area contributed by atoms with Gasteiger partial charge in [-0.25, -0.2) is 9.97 Å². The molecule has 0 atom stereocenters. The third kappa shape index (κ3) is 1.20. The van der Waals surface area contributed by atoms with Gasteiger partial charge in [0, 0.05) is 18.3 Å². The number of thiol groups is 1. The van der Waals surface area contributed by atoms with Gasteiger partial charge in [-0.3, -0.25) is 0 Å². The van der Waals surface area contributed by atoms with E-state index in [2.05, 4.69) is 32.9 Å². The molecule has 0 unspecified atom stereocenters. The first kappa shape index (κ1) is 7.35. The molecule has 2 heterocycles. The summed E-state index contributed by atoms with van der Waals surface area (Å²) in [5.74, 6) is 0.986. The van der Waals surface area contributed by atoms with E-state index < -0.39 is 0 Å². The van der Waals surface area contributed by atoms with Crippen LogP contribution in [0.4, 0.5) is 5.82 Å². The van der Waals surface area contributed by atoms with Crippen molar-refractivity contribution in [1.82, 2.24) is 15.3 Å². The van der Waals surface area contributed by atoms with E-state index in [1.807, 2.05) is 0 Å². The predicted octanol–water partition coefficient (Wildman–Crippen LogP) is -0.185. The molecule has 1 aliphatic heterocycles. The number of aromatic nitrogens is 2. The van der Waals surface area contributed by atoms with E-state index >= 15 is 0 Å². The number of rotatable bonds is 0. The Morgan fingerprint density at radius 1 is 1.58 bits per heavy atom. The molecule has 1 aromatic heterocycles. The second kappa shape index (κ2) is 2.63. The van der Waals surface area contributed by atoms with Gasteiger partial charge >= 0.3 is 0 Å². The van der Waals surface area contributed by atoms with Crippen molar-refractivity contribution >= 4 is 24.4 Å². The van der Waals surface area contributed by atoms with Gasteiger partial charge in [-0.15, -0.1) is 12.6 Å². The van der Waals surface area contributed by atoms with Crippen molar-refractivity contribution in [3.05, 3.63) is 11.8 Å². The first-order valence-corrected chi connectivity index (χ1v) is 3.83. The van der Waals surface area contributed by atoms with Gasteiger partial charge in [0.25, 0.3) is 0 Å². The minimum absolute atomic E-state index is 0.383. The Bertz CT molecular complexity index is 348. The quantitative estimate of drug-likeness (QED) is 0.383. The van der Waals surface area contributed by atoms with Crippen LogP contribution in [0, 0.1) is 0 Å². The molecule has 0 radical (unpaired) electrons. The smallest absolute Gasteiger partial charge is 0.195 e. The van der Waals surface area contributed by atoms with E-state index in [0.29, 0.717) is 23.5 Å². The minimum atomic E-state index is 0.383. The lowest BCUT2D eigenvalue weighted by Crippen LogP contribution is -2.33. The molecule has 0 saturated heterocycles. The maximum Gasteiger partial charge on any atom is 0.195 e. The summed E-state index contributed by atoms with van der Waals surface area (Å²) in [6, 6.07) is 0. The first-order valence-electron chi connectivity index (χ1n) is 3.38. The number of aliphatic imine (C=N–C) groups is 1. The molecular formula is C6H7N5S. The summed E-state index contributed by atoms with van der Waals surface area (Å²) < 4.78 is 0. The van der Waals surface area contributed by atoms with Gasteiger partial charge < -0.3 is 11.1 Å². The van der Waals surface area contributed by atoms with Crippen molar-refractivity contribution in [2.75, 3.05) is 0 Å². The van der Waals surface area contributed by atoms with Crippen LogP contribution in [0.5, 0.6) is 0 Å². The zero-order chi connectivity index (χ0) is 8.55. The maximum absolute atomic E-state index is 5.45. The van der Waals surface area contributed by atoms with Crippen LogP contribution in [0.15, 0.2) is 16.3 Å². The number of guanidine groups is 1. The highest BCUT2D eigenvalue weighted by Gasteiger charge is 2.10. The molecule has 12 heavy (non-hydrogen) atoms. The van der Waals surface area contributed by atoms with Crippen LogP contribution < -0.4 is 11.1 Å². The van der Waals surface area contributed by atoms with Crippen LogP contribution in [-0.4, -0.2) is 15.9 Å². The van der Waals surface area contributed by atoms with E-state index in [1.165, 1.54) is 0 Å². The van der Waals surface area contributed by atoms with Crippen LogP contribution in [-0.2, 0) is 6.54 Å². The van der Waals surface area contributed by atoms with Crippen molar-refractivity contribution in [2.45, 2.75) is 11.7 Å². The van der Waals surface area contributed by atoms with Crippen molar-refractivity contribution in [2.24, 2.45) is 10.7 Å².